The Hall–Kier alpha value is -3.16. The largest absolute Gasteiger partial charge is 0.481 e. The molecule has 1 aromatic carbocycles. The van der Waals surface area contributed by atoms with Crippen LogP contribution in [0, 0.1) is 0 Å². The maximum atomic E-state index is 12.5. The highest BCUT2D eigenvalue weighted by Gasteiger charge is 2.29. The molecular weight excluding hydrogens is 456 g/mol. The van der Waals surface area contributed by atoms with Crippen LogP contribution in [-0.4, -0.2) is 81.5 Å². The number of thiol groups is 1. The number of nitrogens with one attached hydrogen (secondary N) is 3. The fourth-order valence-electron chi connectivity index (χ4n) is 2.70. The lowest BCUT2D eigenvalue weighted by atomic mass is 10.1. The van der Waals surface area contributed by atoms with Crippen molar-refractivity contribution in [2.75, 3.05) is 12.4 Å². The van der Waals surface area contributed by atoms with Gasteiger partial charge >= 0.3 is 11.9 Å². The van der Waals surface area contributed by atoms with Crippen LogP contribution in [0.15, 0.2) is 30.3 Å². The van der Waals surface area contributed by atoms with Crippen molar-refractivity contribution in [1.29, 1.82) is 0 Å². The van der Waals surface area contributed by atoms with Crippen LogP contribution in [-0.2, 0) is 30.4 Å². The molecule has 12 nitrogen and oxygen atoms in total. The van der Waals surface area contributed by atoms with Crippen LogP contribution in [0.3, 0.4) is 0 Å². The first-order valence-electron chi connectivity index (χ1n) is 9.96. The van der Waals surface area contributed by atoms with E-state index < -0.39 is 66.9 Å². The predicted molar refractivity (Wildman–Crippen MR) is 119 cm³/mol. The molecule has 1 aromatic rings. The van der Waals surface area contributed by atoms with Crippen molar-refractivity contribution in [3.63, 3.8) is 0 Å². The van der Waals surface area contributed by atoms with Gasteiger partial charge in [0, 0.05) is 12.2 Å². The molecule has 0 radical (unpaired) electrons. The SMILES string of the molecule is NC(Cc1ccccc1)C(=O)NC(CO)C(=O)NC(CS)C(=O)NC(CCC(=O)O)C(=O)O. The molecule has 0 fully saturated rings. The van der Waals surface area contributed by atoms with Crippen molar-refractivity contribution < 1.29 is 39.3 Å². The van der Waals surface area contributed by atoms with E-state index in [4.69, 9.17) is 15.9 Å². The lowest BCUT2D eigenvalue weighted by Crippen LogP contribution is -2.58. The summed E-state index contributed by atoms with van der Waals surface area (Å²) in [7, 11) is 0. The number of aliphatic hydroxyl groups excluding tert-OH is 1. The van der Waals surface area contributed by atoms with Gasteiger partial charge in [0.15, 0.2) is 0 Å². The third kappa shape index (κ3) is 9.89. The minimum absolute atomic E-state index is 0.195. The second-order valence-corrected chi connectivity index (χ2v) is 7.48. The maximum Gasteiger partial charge on any atom is 0.326 e. The Kier molecular flexibility index (Phi) is 11.9. The summed E-state index contributed by atoms with van der Waals surface area (Å²) < 4.78 is 0. The fourth-order valence-corrected chi connectivity index (χ4v) is 2.95. The van der Waals surface area contributed by atoms with E-state index in [-0.39, 0.29) is 18.6 Å². The highest BCUT2D eigenvalue weighted by Crippen LogP contribution is 2.03. The van der Waals surface area contributed by atoms with Gasteiger partial charge < -0.3 is 37.0 Å². The average molecular weight is 485 g/mol. The molecule has 0 aromatic heterocycles. The second-order valence-electron chi connectivity index (χ2n) is 7.12. The molecule has 0 aliphatic carbocycles. The smallest absolute Gasteiger partial charge is 0.326 e. The average Bonchev–Trinajstić information content (AvgIpc) is 2.78. The van der Waals surface area contributed by atoms with Crippen molar-refractivity contribution in [1.82, 2.24) is 16.0 Å². The molecular formula is C20H28N4O8S. The number of benzene rings is 1. The van der Waals surface area contributed by atoms with E-state index in [2.05, 4.69) is 28.6 Å². The monoisotopic (exact) mass is 484 g/mol. The molecule has 0 spiro atoms. The number of aliphatic carboxylic acids is 2. The zero-order chi connectivity index (χ0) is 25.0. The molecule has 13 heteroatoms. The normalized spacial score (nSPS) is 14.3. The predicted octanol–water partition coefficient (Wildman–Crippen LogP) is -2.12. The van der Waals surface area contributed by atoms with Gasteiger partial charge in [0.1, 0.15) is 18.1 Å². The van der Waals surface area contributed by atoms with Crippen LogP contribution >= 0.6 is 12.6 Å². The van der Waals surface area contributed by atoms with Gasteiger partial charge in [-0.1, -0.05) is 30.3 Å². The minimum Gasteiger partial charge on any atom is -0.481 e. The topological polar surface area (TPSA) is 208 Å². The summed E-state index contributed by atoms with van der Waals surface area (Å²) in [5.41, 5.74) is 6.66. The van der Waals surface area contributed by atoms with Gasteiger partial charge in [0.2, 0.25) is 17.7 Å². The summed E-state index contributed by atoms with van der Waals surface area (Å²) in [5, 5.41) is 34.1. The Labute approximate surface area is 195 Å². The van der Waals surface area contributed by atoms with Crippen molar-refractivity contribution in [3.8, 4) is 0 Å². The molecule has 4 unspecified atom stereocenters. The Balaban J connectivity index is 2.70. The zero-order valence-electron chi connectivity index (χ0n) is 17.6. The van der Waals surface area contributed by atoms with Gasteiger partial charge in [0.05, 0.1) is 12.6 Å². The standard InChI is InChI=1S/C20H28N4O8S/c21-12(8-11-4-2-1-3-5-11)17(28)23-14(9-25)18(29)24-15(10-33)19(30)22-13(20(31)32)6-7-16(26)27/h1-5,12-15,25,33H,6-10,21H2,(H,22,30)(H,23,28)(H,24,29)(H,26,27)(H,31,32). The first-order valence-corrected chi connectivity index (χ1v) is 10.6. The molecule has 0 saturated carbocycles. The molecule has 0 aliphatic heterocycles. The lowest BCUT2D eigenvalue weighted by molar-refractivity contribution is -0.143. The molecule has 1 rings (SSSR count). The number of hydrogen-bond acceptors (Lipinski definition) is 8. The molecule has 0 bridgehead atoms. The number of carboxylic acids is 2. The lowest BCUT2D eigenvalue weighted by Gasteiger charge is -2.23. The quantitative estimate of drug-likeness (QED) is 0.136. The van der Waals surface area contributed by atoms with Gasteiger partial charge in [-0.25, -0.2) is 4.79 Å². The second kappa shape index (κ2) is 14.1. The fraction of sp³-hybridized carbons (Fsp3) is 0.450. The number of carbonyl (C=O) groups excluding carboxylic acids is 3. The Morgan fingerprint density at radius 3 is 1.94 bits per heavy atom. The van der Waals surface area contributed by atoms with Gasteiger partial charge in [-0.2, -0.15) is 12.6 Å². The molecule has 33 heavy (non-hydrogen) atoms. The highest BCUT2D eigenvalue weighted by molar-refractivity contribution is 7.80. The molecule has 0 saturated heterocycles. The minimum atomic E-state index is -1.49. The van der Waals surface area contributed by atoms with Gasteiger partial charge in [-0.3, -0.25) is 19.2 Å². The van der Waals surface area contributed by atoms with Gasteiger partial charge in [-0.15, -0.1) is 0 Å². The van der Waals surface area contributed by atoms with E-state index >= 15 is 0 Å². The molecule has 0 heterocycles. The number of amides is 3. The number of carboxylic acid groups (broad SMARTS) is 2. The summed E-state index contributed by atoms with van der Waals surface area (Å²) in [6, 6.07) is 3.71. The summed E-state index contributed by atoms with van der Waals surface area (Å²) in [6.07, 6.45) is -0.656. The van der Waals surface area contributed by atoms with Crippen LogP contribution in [0.4, 0.5) is 0 Å². The first kappa shape index (κ1) is 27.9. The van der Waals surface area contributed by atoms with Crippen molar-refractivity contribution >= 4 is 42.3 Å². The van der Waals surface area contributed by atoms with Gasteiger partial charge in [-0.05, 0) is 18.4 Å². The molecule has 4 atom stereocenters. The molecule has 182 valence electrons. The van der Waals surface area contributed by atoms with E-state index in [1.54, 1.807) is 30.3 Å². The van der Waals surface area contributed by atoms with Crippen molar-refractivity contribution in [3.05, 3.63) is 35.9 Å². The van der Waals surface area contributed by atoms with E-state index in [0.717, 1.165) is 5.56 Å². The maximum absolute atomic E-state index is 12.5. The number of aliphatic hydroxyl groups is 1. The number of hydrogen-bond donors (Lipinski definition) is 8. The number of nitrogens with two attached hydrogens (primary N) is 1. The van der Waals surface area contributed by atoms with E-state index in [9.17, 15) is 29.1 Å². The highest BCUT2D eigenvalue weighted by atomic mass is 32.1. The third-order valence-electron chi connectivity index (χ3n) is 4.53. The Morgan fingerprint density at radius 1 is 0.879 bits per heavy atom. The van der Waals surface area contributed by atoms with E-state index in [0.29, 0.717) is 0 Å². The summed E-state index contributed by atoms with van der Waals surface area (Å²) >= 11 is 3.96. The zero-order valence-corrected chi connectivity index (χ0v) is 18.5. The van der Waals surface area contributed by atoms with Crippen molar-refractivity contribution in [2.24, 2.45) is 5.73 Å². The number of rotatable bonds is 14. The van der Waals surface area contributed by atoms with Crippen LogP contribution in [0.25, 0.3) is 0 Å². The molecule has 3 amide bonds. The molecule has 8 N–H and O–H groups in total. The van der Waals surface area contributed by atoms with Crippen LogP contribution < -0.4 is 21.7 Å². The Morgan fingerprint density at radius 2 is 1.42 bits per heavy atom. The van der Waals surface area contributed by atoms with Crippen LogP contribution in [0.5, 0.6) is 0 Å². The summed E-state index contributed by atoms with van der Waals surface area (Å²) in [6.45, 7) is -0.785. The van der Waals surface area contributed by atoms with E-state index in [1.807, 2.05) is 0 Å². The van der Waals surface area contributed by atoms with Gasteiger partial charge in [0.25, 0.3) is 0 Å². The number of carbonyl (C=O) groups is 5. The van der Waals surface area contributed by atoms with Crippen LogP contribution in [0.2, 0.25) is 0 Å². The van der Waals surface area contributed by atoms with Crippen molar-refractivity contribution in [2.45, 2.75) is 43.4 Å². The molecule has 0 aliphatic rings. The first-order chi connectivity index (χ1) is 15.6. The Bertz CT molecular complexity index is 839. The van der Waals surface area contributed by atoms with E-state index in [1.165, 1.54) is 0 Å². The third-order valence-corrected chi connectivity index (χ3v) is 4.89. The summed E-state index contributed by atoms with van der Waals surface area (Å²) in [5.74, 6) is -5.44. The van der Waals surface area contributed by atoms with Crippen LogP contribution in [0.1, 0.15) is 18.4 Å². The summed E-state index contributed by atoms with van der Waals surface area (Å²) in [4.78, 5) is 59.0.